The van der Waals surface area contributed by atoms with E-state index in [1.54, 1.807) is 13.2 Å². The summed E-state index contributed by atoms with van der Waals surface area (Å²) in [5.74, 6) is 1.12. The van der Waals surface area contributed by atoms with Gasteiger partial charge in [-0.3, -0.25) is 9.69 Å². The molecule has 0 bridgehead atoms. The van der Waals surface area contributed by atoms with Gasteiger partial charge in [-0.05, 0) is 54.5 Å². The van der Waals surface area contributed by atoms with E-state index in [1.165, 1.54) is 4.90 Å². The lowest BCUT2D eigenvalue weighted by atomic mass is 10.1. The normalized spacial score (nSPS) is 15.3. The van der Waals surface area contributed by atoms with Gasteiger partial charge in [-0.1, -0.05) is 31.2 Å². The highest BCUT2D eigenvalue weighted by Crippen LogP contribution is 2.30. The zero-order valence-electron chi connectivity index (χ0n) is 14.7. The smallest absolute Gasteiger partial charge is 0.281 e. The van der Waals surface area contributed by atoms with Crippen molar-refractivity contribution in [1.29, 1.82) is 0 Å². The monoisotopic (exact) mass is 368 g/mol. The quantitative estimate of drug-likeness (QED) is 0.622. The first-order valence-electron chi connectivity index (χ1n) is 8.37. The molecule has 1 fully saturated rings. The summed E-state index contributed by atoms with van der Waals surface area (Å²) >= 11 is 5.32. The van der Waals surface area contributed by atoms with Crippen LogP contribution in [0, 0.1) is 0 Å². The Balaban J connectivity index is 1.86. The van der Waals surface area contributed by atoms with Crippen molar-refractivity contribution in [3.05, 3.63) is 59.8 Å². The number of carbonyl (C=O) groups is 1. The number of rotatable bonds is 6. The predicted molar refractivity (Wildman–Crippen MR) is 106 cm³/mol. The summed E-state index contributed by atoms with van der Waals surface area (Å²) in [4.78, 5) is 14.2. The Bertz CT molecular complexity index is 849. The van der Waals surface area contributed by atoms with Crippen LogP contribution in [0.15, 0.2) is 54.2 Å². The third kappa shape index (κ3) is 3.70. The van der Waals surface area contributed by atoms with Gasteiger partial charge in [0.05, 0.1) is 19.4 Å². The number of hydrogen-bond acceptors (Lipinski definition) is 4. The zero-order chi connectivity index (χ0) is 18.5. The summed E-state index contributed by atoms with van der Waals surface area (Å²) in [5, 5.41) is 3.35. The highest BCUT2D eigenvalue weighted by Gasteiger charge is 2.31. The SMILES string of the molecule is CCCOc1ccc(/C=C2\NC(=S)N(c3ccccc3)C2=O)cc1OC. The third-order valence-electron chi connectivity index (χ3n) is 3.85. The number of thiocarbonyl (C=S) groups is 1. The van der Waals surface area contributed by atoms with Gasteiger partial charge in [-0.15, -0.1) is 0 Å². The first kappa shape index (κ1) is 17.9. The standard InChI is InChI=1S/C20H20N2O3S/c1-3-11-25-17-10-9-14(13-18(17)24-2)12-16-19(23)22(20(26)21-16)15-7-5-4-6-8-15/h4-10,12-13H,3,11H2,1-2H3,(H,21,26)/b16-12-. The van der Waals surface area contributed by atoms with Crippen LogP contribution in [0.4, 0.5) is 5.69 Å². The fraction of sp³-hybridized carbons (Fsp3) is 0.200. The van der Waals surface area contributed by atoms with Gasteiger partial charge >= 0.3 is 0 Å². The largest absolute Gasteiger partial charge is 0.493 e. The van der Waals surface area contributed by atoms with Crippen LogP contribution in [0.5, 0.6) is 11.5 Å². The number of methoxy groups -OCH3 is 1. The number of ether oxygens (including phenoxy) is 2. The van der Waals surface area contributed by atoms with Gasteiger partial charge in [0.15, 0.2) is 16.6 Å². The van der Waals surface area contributed by atoms with E-state index in [2.05, 4.69) is 5.32 Å². The van der Waals surface area contributed by atoms with Crippen molar-refractivity contribution in [2.75, 3.05) is 18.6 Å². The highest BCUT2D eigenvalue weighted by molar-refractivity contribution is 7.80. The van der Waals surface area contributed by atoms with Gasteiger partial charge in [0.2, 0.25) is 0 Å². The zero-order valence-corrected chi connectivity index (χ0v) is 15.5. The van der Waals surface area contributed by atoms with Crippen molar-refractivity contribution in [1.82, 2.24) is 5.32 Å². The van der Waals surface area contributed by atoms with E-state index in [0.29, 0.717) is 28.9 Å². The Hall–Kier alpha value is -2.86. The Kier molecular flexibility index (Phi) is 5.53. The van der Waals surface area contributed by atoms with E-state index in [-0.39, 0.29) is 5.91 Å². The molecular formula is C20H20N2O3S. The van der Waals surface area contributed by atoms with Crippen LogP contribution < -0.4 is 19.7 Å². The second-order valence-electron chi connectivity index (χ2n) is 5.72. The molecule has 2 aromatic carbocycles. The van der Waals surface area contributed by atoms with Crippen molar-refractivity contribution >= 4 is 35.0 Å². The Morgan fingerprint density at radius 1 is 1.15 bits per heavy atom. The first-order chi connectivity index (χ1) is 12.6. The van der Waals surface area contributed by atoms with E-state index in [0.717, 1.165) is 17.7 Å². The number of benzene rings is 2. The molecule has 26 heavy (non-hydrogen) atoms. The van der Waals surface area contributed by atoms with Crippen LogP contribution in [0.1, 0.15) is 18.9 Å². The second-order valence-corrected chi connectivity index (χ2v) is 6.11. The molecule has 0 spiro atoms. The number of hydrogen-bond donors (Lipinski definition) is 1. The lowest BCUT2D eigenvalue weighted by Crippen LogP contribution is -2.30. The fourth-order valence-corrected chi connectivity index (χ4v) is 2.92. The van der Waals surface area contributed by atoms with Gasteiger partial charge in [0, 0.05) is 0 Å². The van der Waals surface area contributed by atoms with Crippen molar-refractivity contribution < 1.29 is 14.3 Å². The van der Waals surface area contributed by atoms with E-state index in [4.69, 9.17) is 21.7 Å². The Labute approximate surface area is 158 Å². The molecule has 2 aromatic rings. The molecule has 1 saturated heterocycles. The molecule has 0 saturated carbocycles. The molecule has 134 valence electrons. The van der Waals surface area contributed by atoms with E-state index in [1.807, 2.05) is 55.5 Å². The summed E-state index contributed by atoms with van der Waals surface area (Å²) in [5.41, 5.74) is 1.97. The minimum atomic E-state index is -0.188. The molecule has 0 radical (unpaired) electrons. The number of carbonyl (C=O) groups excluding carboxylic acids is 1. The Morgan fingerprint density at radius 2 is 1.92 bits per heavy atom. The van der Waals surface area contributed by atoms with E-state index >= 15 is 0 Å². The number of nitrogens with one attached hydrogen (secondary N) is 1. The second kappa shape index (κ2) is 8.01. The molecule has 3 rings (SSSR count). The van der Waals surface area contributed by atoms with Crippen molar-refractivity contribution in [3.8, 4) is 11.5 Å². The van der Waals surface area contributed by atoms with Gasteiger partial charge in [-0.25, -0.2) is 0 Å². The molecule has 0 aromatic heterocycles. The maximum absolute atomic E-state index is 12.7. The van der Waals surface area contributed by atoms with Gasteiger partial charge < -0.3 is 14.8 Å². The predicted octanol–water partition coefficient (Wildman–Crippen LogP) is 3.75. The molecule has 1 amide bonds. The molecule has 6 heteroatoms. The minimum Gasteiger partial charge on any atom is -0.493 e. The Morgan fingerprint density at radius 3 is 2.62 bits per heavy atom. The third-order valence-corrected chi connectivity index (χ3v) is 4.14. The molecule has 1 heterocycles. The van der Waals surface area contributed by atoms with Crippen molar-refractivity contribution in [3.63, 3.8) is 0 Å². The molecule has 0 atom stereocenters. The van der Waals surface area contributed by atoms with Crippen LogP contribution in [0.3, 0.4) is 0 Å². The molecule has 1 N–H and O–H groups in total. The van der Waals surface area contributed by atoms with Crippen LogP contribution in [-0.2, 0) is 4.79 Å². The van der Waals surface area contributed by atoms with Crippen LogP contribution in [0.2, 0.25) is 0 Å². The van der Waals surface area contributed by atoms with E-state index < -0.39 is 0 Å². The fourth-order valence-electron chi connectivity index (χ4n) is 2.62. The molecule has 0 aliphatic carbocycles. The van der Waals surface area contributed by atoms with Gasteiger partial charge in [0.1, 0.15) is 5.70 Å². The lowest BCUT2D eigenvalue weighted by Gasteiger charge is -2.13. The number of amides is 1. The summed E-state index contributed by atoms with van der Waals surface area (Å²) in [6.45, 7) is 2.67. The number of para-hydroxylation sites is 1. The average molecular weight is 368 g/mol. The summed E-state index contributed by atoms with van der Waals surface area (Å²) in [6.07, 6.45) is 2.67. The number of anilines is 1. The van der Waals surface area contributed by atoms with Crippen molar-refractivity contribution in [2.45, 2.75) is 13.3 Å². The van der Waals surface area contributed by atoms with Crippen LogP contribution >= 0.6 is 12.2 Å². The maximum Gasteiger partial charge on any atom is 0.281 e. The van der Waals surface area contributed by atoms with Crippen LogP contribution in [0.25, 0.3) is 6.08 Å². The minimum absolute atomic E-state index is 0.188. The van der Waals surface area contributed by atoms with Crippen molar-refractivity contribution in [2.24, 2.45) is 0 Å². The van der Waals surface area contributed by atoms with Gasteiger partial charge in [-0.2, -0.15) is 0 Å². The van der Waals surface area contributed by atoms with Gasteiger partial charge in [0.25, 0.3) is 5.91 Å². The molecular weight excluding hydrogens is 348 g/mol. The first-order valence-corrected chi connectivity index (χ1v) is 8.78. The van der Waals surface area contributed by atoms with Crippen LogP contribution in [-0.4, -0.2) is 24.7 Å². The summed E-state index contributed by atoms with van der Waals surface area (Å²) in [7, 11) is 1.59. The maximum atomic E-state index is 12.7. The molecule has 1 aliphatic heterocycles. The highest BCUT2D eigenvalue weighted by atomic mass is 32.1. The molecule has 0 unspecified atom stereocenters. The summed E-state index contributed by atoms with van der Waals surface area (Å²) < 4.78 is 11.0. The number of nitrogens with zero attached hydrogens (tertiary/aromatic N) is 1. The molecule has 1 aliphatic rings. The average Bonchev–Trinajstić information content (AvgIpc) is 2.94. The topological polar surface area (TPSA) is 50.8 Å². The van der Waals surface area contributed by atoms with E-state index in [9.17, 15) is 4.79 Å². The summed E-state index contributed by atoms with van der Waals surface area (Å²) in [6, 6.07) is 14.9. The lowest BCUT2D eigenvalue weighted by molar-refractivity contribution is -0.113. The molecule has 5 nitrogen and oxygen atoms in total.